The molecule has 0 radical (unpaired) electrons. The van der Waals surface area contributed by atoms with E-state index in [1.807, 2.05) is 12.1 Å². The van der Waals surface area contributed by atoms with Gasteiger partial charge in [0.05, 0.1) is 12.3 Å². The zero-order valence-corrected chi connectivity index (χ0v) is 13.3. The molecule has 114 valence electrons. The van der Waals surface area contributed by atoms with E-state index in [4.69, 9.17) is 4.42 Å². The normalized spacial score (nSPS) is 20.9. The third-order valence-electron chi connectivity index (χ3n) is 5.27. The van der Waals surface area contributed by atoms with E-state index >= 15 is 0 Å². The lowest BCUT2D eigenvalue weighted by atomic mass is 9.74. The second-order valence-electron chi connectivity index (χ2n) is 6.24. The van der Waals surface area contributed by atoms with Gasteiger partial charge in [0.25, 0.3) is 0 Å². The summed E-state index contributed by atoms with van der Waals surface area (Å²) in [5, 5.41) is 3.55. The molecule has 0 spiro atoms. The maximum atomic E-state index is 5.42. The minimum atomic E-state index is 0.306. The van der Waals surface area contributed by atoms with Crippen molar-refractivity contribution in [3.8, 4) is 0 Å². The van der Waals surface area contributed by atoms with E-state index in [1.165, 1.54) is 38.8 Å². The van der Waals surface area contributed by atoms with Crippen LogP contribution in [0.4, 0.5) is 0 Å². The van der Waals surface area contributed by atoms with E-state index in [0.717, 1.165) is 18.8 Å². The quantitative estimate of drug-likeness (QED) is 0.821. The minimum absolute atomic E-state index is 0.306. The Hall–Kier alpha value is -0.800. The van der Waals surface area contributed by atoms with Crippen molar-refractivity contribution in [2.45, 2.75) is 52.5 Å². The van der Waals surface area contributed by atoms with Crippen LogP contribution in [0.3, 0.4) is 0 Å². The third kappa shape index (κ3) is 3.86. The number of piperidine rings is 1. The highest BCUT2D eigenvalue weighted by Gasteiger charge is 2.30. The fourth-order valence-corrected chi connectivity index (χ4v) is 3.29. The number of hydrogen-bond acceptors (Lipinski definition) is 3. The summed E-state index contributed by atoms with van der Waals surface area (Å²) in [7, 11) is 0. The fourth-order valence-electron chi connectivity index (χ4n) is 3.29. The van der Waals surface area contributed by atoms with Crippen molar-refractivity contribution in [2.75, 3.05) is 26.2 Å². The molecule has 3 nitrogen and oxygen atoms in total. The summed E-state index contributed by atoms with van der Waals surface area (Å²) in [6, 6.07) is 4.29. The molecule has 1 saturated heterocycles. The SMILES string of the molecule is CCC1(CC)CCN(CCNC(C)c2ccco2)CC1. The van der Waals surface area contributed by atoms with Crippen molar-refractivity contribution in [2.24, 2.45) is 5.41 Å². The van der Waals surface area contributed by atoms with Gasteiger partial charge >= 0.3 is 0 Å². The van der Waals surface area contributed by atoms with Gasteiger partial charge in [0, 0.05) is 13.1 Å². The lowest BCUT2D eigenvalue weighted by molar-refractivity contribution is 0.0955. The molecule has 1 aliphatic rings. The maximum absolute atomic E-state index is 5.42. The van der Waals surface area contributed by atoms with E-state index in [9.17, 15) is 0 Å². The van der Waals surface area contributed by atoms with Crippen LogP contribution in [0.15, 0.2) is 22.8 Å². The zero-order valence-electron chi connectivity index (χ0n) is 13.3. The molecule has 20 heavy (non-hydrogen) atoms. The van der Waals surface area contributed by atoms with E-state index in [-0.39, 0.29) is 0 Å². The maximum Gasteiger partial charge on any atom is 0.120 e. The summed E-state index contributed by atoms with van der Waals surface area (Å²) in [5.41, 5.74) is 0.630. The zero-order chi connectivity index (χ0) is 14.4. The first-order valence-corrected chi connectivity index (χ1v) is 8.18. The van der Waals surface area contributed by atoms with E-state index in [0.29, 0.717) is 11.5 Å². The molecule has 1 aromatic rings. The fraction of sp³-hybridized carbons (Fsp3) is 0.765. The highest BCUT2D eigenvalue weighted by atomic mass is 16.3. The summed E-state index contributed by atoms with van der Waals surface area (Å²) >= 11 is 0. The number of nitrogens with one attached hydrogen (secondary N) is 1. The largest absolute Gasteiger partial charge is 0.468 e. The van der Waals surface area contributed by atoms with Gasteiger partial charge in [-0.05, 0) is 50.4 Å². The number of furan rings is 1. The van der Waals surface area contributed by atoms with Crippen LogP contribution < -0.4 is 5.32 Å². The Bertz CT molecular complexity index is 360. The average Bonchev–Trinajstić information content (AvgIpc) is 3.02. The van der Waals surface area contributed by atoms with Crippen LogP contribution in [-0.4, -0.2) is 31.1 Å². The van der Waals surface area contributed by atoms with Gasteiger partial charge in [-0.15, -0.1) is 0 Å². The molecular weight excluding hydrogens is 248 g/mol. The van der Waals surface area contributed by atoms with Gasteiger partial charge < -0.3 is 14.6 Å². The predicted molar refractivity (Wildman–Crippen MR) is 83.8 cm³/mol. The Morgan fingerprint density at radius 3 is 2.55 bits per heavy atom. The summed E-state index contributed by atoms with van der Waals surface area (Å²) in [6.07, 6.45) is 7.16. The van der Waals surface area contributed by atoms with Crippen LogP contribution in [0.25, 0.3) is 0 Å². The summed E-state index contributed by atoms with van der Waals surface area (Å²) in [5.74, 6) is 1.03. The Kier molecular flexibility index (Phi) is 5.67. The number of rotatable bonds is 7. The molecule has 0 aromatic carbocycles. The van der Waals surface area contributed by atoms with Gasteiger partial charge in [-0.3, -0.25) is 0 Å². The smallest absolute Gasteiger partial charge is 0.120 e. The Balaban J connectivity index is 1.66. The number of hydrogen-bond donors (Lipinski definition) is 1. The van der Waals surface area contributed by atoms with Crippen LogP contribution in [-0.2, 0) is 0 Å². The van der Waals surface area contributed by atoms with Gasteiger partial charge in [-0.1, -0.05) is 26.7 Å². The summed E-state index contributed by atoms with van der Waals surface area (Å²) in [4.78, 5) is 2.60. The lowest BCUT2D eigenvalue weighted by Gasteiger charge is -2.41. The average molecular weight is 278 g/mol. The van der Waals surface area contributed by atoms with Crippen molar-refractivity contribution in [1.82, 2.24) is 10.2 Å². The second kappa shape index (κ2) is 7.28. The molecule has 1 atom stereocenters. The van der Waals surface area contributed by atoms with Crippen molar-refractivity contribution < 1.29 is 4.42 Å². The number of nitrogens with zero attached hydrogens (tertiary/aromatic N) is 1. The van der Waals surface area contributed by atoms with Crippen molar-refractivity contribution in [3.05, 3.63) is 24.2 Å². The molecule has 1 aromatic heterocycles. The molecule has 2 rings (SSSR count). The van der Waals surface area contributed by atoms with Gasteiger partial charge in [-0.2, -0.15) is 0 Å². The highest BCUT2D eigenvalue weighted by Crippen LogP contribution is 2.37. The summed E-state index contributed by atoms with van der Waals surface area (Å²) in [6.45, 7) is 11.6. The third-order valence-corrected chi connectivity index (χ3v) is 5.27. The lowest BCUT2D eigenvalue weighted by Crippen LogP contribution is -2.42. The monoisotopic (exact) mass is 278 g/mol. The van der Waals surface area contributed by atoms with E-state index in [2.05, 4.69) is 31.0 Å². The van der Waals surface area contributed by atoms with Crippen LogP contribution in [0, 0.1) is 5.41 Å². The Labute approximate surface area is 123 Å². The first-order chi connectivity index (χ1) is 9.69. The van der Waals surface area contributed by atoms with Gasteiger partial charge in [0.15, 0.2) is 0 Å². The van der Waals surface area contributed by atoms with E-state index in [1.54, 1.807) is 6.26 Å². The van der Waals surface area contributed by atoms with Crippen LogP contribution in [0.5, 0.6) is 0 Å². The highest BCUT2D eigenvalue weighted by molar-refractivity contribution is 5.02. The molecule has 0 aliphatic carbocycles. The Morgan fingerprint density at radius 2 is 2.00 bits per heavy atom. The molecule has 2 heterocycles. The topological polar surface area (TPSA) is 28.4 Å². The van der Waals surface area contributed by atoms with Crippen LogP contribution in [0.2, 0.25) is 0 Å². The molecular formula is C17H30N2O. The molecule has 1 N–H and O–H groups in total. The van der Waals surface area contributed by atoms with Crippen molar-refractivity contribution in [3.63, 3.8) is 0 Å². The predicted octanol–water partition coefficient (Wildman–Crippen LogP) is 3.83. The molecule has 1 aliphatic heterocycles. The van der Waals surface area contributed by atoms with Crippen LogP contribution >= 0.6 is 0 Å². The number of likely N-dealkylation sites (tertiary alicyclic amines) is 1. The first kappa shape index (κ1) is 15.6. The standard InChI is InChI=1S/C17H30N2O/c1-4-17(5-2)8-11-19(12-9-17)13-10-18-15(3)16-7-6-14-20-16/h6-7,14-15,18H,4-5,8-13H2,1-3H3. The minimum Gasteiger partial charge on any atom is -0.468 e. The molecule has 1 fully saturated rings. The Morgan fingerprint density at radius 1 is 1.30 bits per heavy atom. The second-order valence-corrected chi connectivity index (χ2v) is 6.24. The summed E-state index contributed by atoms with van der Waals surface area (Å²) < 4.78 is 5.42. The molecule has 0 amide bonds. The first-order valence-electron chi connectivity index (χ1n) is 8.18. The van der Waals surface area contributed by atoms with Gasteiger partial charge in [0.2, 0.25) is 0 Å². The molecule has 0 saturated carbocycles. The van der Waals surface area contributed by atoms with Crippen molar-refractivity contribution in [1.29, 1.82) is 0 Å². The molecule has 3 heteroatoms. The van der Waals surface area contributed by atoms with Crippen molar-refractivity contribution >= 4 is 0 Å². The van der Waals surface area contributed by atoms with E-state index < -0.39 is 0 Å². The van der Waals surface area contributed by atoms with Gasteiger partial charge in [0.1, 0.15) is 5.76 Å². The molecule has 1 unspecified atom stereocenters. The van der Waals surface area contributed by atoms with Crippen LogP contribution in [0.1, 0.15) is 58.3 Å². The van der Waals surface area contributed by atoms with Gasteiger partial charge in [-0.25, -0.2) is 0 Å². The molecule has 0 bridgehead atoms.